The fourth-order valence-electron chi connectivity index (χ4n) is 1.12. The van der Waals surface area contributed by atoms with Gasteiger partial charge in [0.15, 0.2) is 0 Å². The highest BCUT2D eigenvalue weighted by Gasteiger charge is 2.17. The maximum absolute atomic E-state index is 10.8. The maximum atomic E-state index is 10.8. The number of carbonyl (C=O) groups is 1. The van der Waals surface area contributed by atoms with Crippen molar-refractivity contribution in [2.24, 2.45) is 5.73 Å². The number of hydrogen-bond acceptors (Lipinski definition) is 3. The van der Waals surface area contributed by atoms with Crippen molar-refractivity contribution in [2.45, 2.75) is 26.2 Å². The Morgan fingerprint density at radius 2 is 2.31 bits per heavy atom. The molecular formula is C8H14N4O. The third-order valence-corrected chi connectivity index (χ3v) is 2.16. The van der Waals surface area contributed by atoms with Crippen LogP contribution in [0.5, 0.6) is 0 Å². The van der Waals surface area contributed by atoms with Gasteiger partial charge in [0.1, 0.15) is 5.69 Å². The Morgan fingerprint density at radius 1 is 1.69 bits per heavy atom. The van der Waals surface area contributed by atoms with E-state index in [2.05, 4.69) is 10.2 Å². The molecule has 1 unspecified atom stereocenters. The van der Waals surface area contributed by atoms with E-state index in [1.54, 1.807) is 0 Å². The van der Waals surface area contributed by atoms with E-state index in [0.29, 0.717) is 5.69 Å². The van der Waals surface area contributed by atoms with Crippen molar-refractivity contribution in [1.82, 2.24) is 10.2 Å². The van der Waals surface area contributed by atoms with E-state index < -0.39 is 5.91 Å². The molecule has 5 heteroatoms. The van der Waals surface area contributed by atoms with Crippen LogP contribution in [-0.2, 0) is 0 Å². The molecule has 1 rings (SSSR count). The number of nitrogen functional groups attached to an aromatic ring is 1. The Bertz CT molecular complexity index is 318. The summed E-state index contributed by atoms with van der Waals surface area (Å²) < 4.78 is 0. The van der Waals surface area contributed by atoms with Crippen molar-refractivity contribution < 1.29 is 4.79 Å². The molecule has 0 aliphatic rings. The summed E-state index contributed by atoms with van der Waals surface area (Å²) in [5, 5.41) is 6.50. The highest BCUT2D eigenvalue weighted by Crippen LogP contribution is 2.24. The molecule has 0 radical (unpaired) electrons. The molecule has 1 aromatic heterocycles. The third kappa shape index (κ3) is 1.63. The van der Waals surface area contributed by atoms with Gasteiger partial charge in [-0.1, -0.05) is 13.8 Å². The molecule has 0 bridgehead atoms. The average Bonchev–Trinajstić information content (AvgIpc) is 2.46. The number of nitrogens with zero attached hydrogens (tertiary/aromatic N) is 1. The van der Waals surface area contributed by atoms with Crippen molar-refractivity contribution in [3.05, 3.63) is 11.4 Å². The van der Waals surface area contributed by atoms with Gasteiger partial charge in [-0.2, -0.15) is 5.10 Å². The molecule has 5 N–H and O–H groups in total. The zero-order valence-corrected chi connectivity index (χ0v) is 7.79. The Labute approximate surface area is 76.5 Å². The number of nitrogens with one attached hydrogen (secondary N) is 1. The molecule has 0 saturated heterocycles. The fourth-order valence-corrected chi connectivity index (χ4v) is 1.12. The smallest absolute Gasteiger partial charge is 0.268 e. The van der Waals surface area contributed by atoms with Gasteiger partial charge in [0.05, 0.1) is 11.4 Å². The predicted molar refractivity (Wildman–Crippen MR) is 50.2 cm³/mol. The lowest BCUT2D eigenvalue weighted by Crippen LogP contribution is -2.13. The number of aromatic nitrogens is 2. The zero-order valence-electron chi connectivity index (χ0n) is 7.79. The monoisotopic (exact) mass is 182 g/mol. The van der Waals surface area contributed by atoms with Gasteiger partial charge in [0, 0.05) is 5.92 Å². The molecule has 0 fully saturated rings. The molecule has 0 saturated carbocycles. The van der Waals surface area contributed by atoms with Crippen LogP contribution in [0.25, 0.3) is 0 Å². The molecule has 1 atom stereocenters. The van der Waals surface area contributed by atoms with Gasteiger partial charge in [-0.15, -0.1) is 0 Å². The number of rotatable bonds is 3. The van der Waals surface area contributed by atoms with Gasteiger partial charge in [-0.05, 0) is 6.42 Å². The van der Waals surface area contributed by atoms with Gasteiger partial charge in [-0.3, -0.25) is 9.89 Å². The standard InChI is InChI=1S/C8H14N4O/c1-3-4(2)6-5(9)7(8(10)13)12-11-6/h4H,3,9H2,1-2H3,(H2,10,13)(H,11,12). The number of hydrogen-bond donors (Lipinski definition) is 3. The molecule has 1 aromatic rings. The van der Waals surface area contributed by atoms with Crippen molar-refractivity contribution in [3.8, 4) is 0 Å². The van der Waals surface area contributed by atoms with Crippen molar-refractivity contribution in [3.63, 3.8) is 0 Å². The van der Waals surface area contributed by atoms with E-state index in [-0.39, 0.29) is 11.6 Å². The number of aromatic amines is 1. The summed E-state index contributed by atoms with van der Waals surface area (Å²) in [6.07, 6.45) is 0.924. The van der Waals surface area contributed by atoms with Crippen LogP contribution in [0.3, 0.4) is 0 Å². The van der Waals surface area contributed by atoms with Crippen LogP contribution in [0.1, 0.15) is 42.4 Å². The van der Waals surface area contributed by atoms with E-state index in [9.17, 15) is 4.79 Å². The second-order valence-corrected chi connectivity index (χ2v) is 3.07. The topological polar surface area (TPSA) is 97.8 Å². The van der Waals surface area contributed by atoms with Crippen LogP contribution in [-0.4, -0.2) is 16.1 Å². The Balaban J connectivity index is 3.06. The molecule has 0 aromatic carbocycles. The molecule has 1 amide bonds. The molecule has 13 heavy (non-hydrogen) atoms. The highest BCUT2D eigenvalue weighted by atomic mass is 16.1. The van der Waals surface area contributed by atoms with Gasteiger partial charge in [0.25, 0.3) is 5.91 Å². The molecule has 0 spiro atoms. The van der Waals surface area contributed by atoms with E-state index >= 15 is 0 Å². The summed E-state index contributed by atoms with van der Waals surface area (Å²) in [5.74, 6) is -0.330. The van der Waals surface area contributed by atoms with Crippen LogP contribution in [0.2, 0.25) is 0 Å². The summed E-state index contributed by atoms with van der Waals surface area (Å²) in [6.45, 7) is 4.03. The first-order valence-corrected chi connectivity index (χ1v) is 4.21. The fraction of sp³-hybridized carbons (Fsp3) is 0.500. The first-order chi connectivity index (χ1) is 6.07. The second-order valence-electron chi connectivity index (χ2n) is 3.07. The lowest BCUT2D eigenvalue weighted by atomic mass is 10.0. The predicted octanol–water partition coefficient (Wildman–Crippen LogP) is 0.604. The van der Waals surface area contributed by atoms with Crippen molar-refractivity contribution in [2.75, 3.05) is 5.73 Å². The number of amides is 1. The summed E-state index contributed by atoms with van der Waals surface area (Å²) in [6, 6.07) is 0. The van der Waals surface area contributed by atoms with E-state index in [0.717, 1.165) is 12.1 Å². The molecular weight excluding hydrogens is 168 g/mol. The van der Waals surface area contributed by atoms with Gasteiger partial charge >= 0.3 is 0 Å². The van der Waals surface area contributed by atoms with Crippen molar-refractivity contribution in [1.29, 1.82) is 0 Å². The van der Waals surface area contributed by atoms with Gasteiger partial charge in [0.2, 0.25) is 0 Å². The average molecular weight is 182 g/mol. The van der Waals surface area contributed by atoms with E-state index in [1.807, 2.05) is 13.8 Å². The van der Waals surface area contributed by atoms with E-state index in [4.69, 9.17) is 11.5 Å². The molecule has 72 valence electrons. The minimum Gasteiger partial charge on any atom is -0.395 e. The van der Waals surface area contributed by atoms with Crippen LogP contribution >= 0.6 is 0 Å². The minimum atomic E-state index is -0.570. The minimum absolute atomic E-state index is 0.204. The molecule has 0 aliphatic heterocycles. The van der Waals surface area contributed by atoms with Crippen LogP contribution < -0.4 is 11.5 Å². The van der Waals surface area contributed by atoms with E-state index in [1.165, 1.54) is 0 Å². The zero-order chi connectivity index (χ0) is 10.0. The SMILES string of the molecule is CCC(C)c1n[nH]c(C(N)=O)c1N. The van der Waals surface area contributed by atoms with Crippen LogP contribution in [0, 0.1) is 0 Å². The van der Waals surface area contributed by atoms with Gasteiger partial charge in [-0.25, -0.2) is 0 Å². The summed E-state index contributed by atoms with van der Waals surface area (Å²) in [4.78, 5) is 10.8. The third-order valence-electron chi connectivity index (χ3n) is 2.16. The Kier molecular flexibility index (Phi) is 2.55. The molecule has 0 aliphatic carbocycles. The number of primary amides is 1. The second kappa shape index (κ2) is 3.47. The number of H-pyrrole nitrogens is 1. The normalized spacial score (nSPS) is 12.8. The maximum Gasteiger partial charge on any atom is 0.268 e. The summed E-state index contributed by atoms with van der Waals surface area (Å²) in [7, 11) is 0. The largest absolute Gasteiger partial charge is 0.395 e. The number of carbonyl (C=O) groups excluding carboxylic acids is 1. The quantitative estimate of drug-likeness (QED) is 0.638. The van der Waals surface area contributed by atoms with Crippen LogP contribution in [0.15, 0.2) is 0 Å². The number of nitrogens with two attached hydrogens (primary N) is 2. The lowest BCUT2D eigenvalue weighted by Gasteiger charge is -2.04. The van der Waals surface area contributed by atoms with Gasteiger partial charge < -0.3 is 11.5 Å². The Hall–Kier alpha value is -1.52. The first kappa shape index (κ1) is 9.57. The number of anilines is 1. The Morgan fingerprint density at radius 3 is 2.69 bits per heavy atom. The molecule has 1 heterocycles. The van der Waals surface area contributed by atoms with Crippen molar-refractivity contribution >= 4 is 11.6 Å². The summed E-state index contributed by atoms with van der Waals surface area (Å²) >= 11 is 0. The first-order valence-electron chi connectivity index (χ1n) is 4.21. The summed E-state index contributed by atoms with van der Waals surface area (Å²) in [5.41, 5.74) is 12.1. The highest BCUT2D eigenvalue weighted by molar-refractivity contribution is 5.96. The lowest BCUT2D eigenvalue weighted by molar-refractivity contribution is 0.0996. The molecule has 5 nitrogen and oxygen atoms in total. The van der Waals surface area contributed by atoms with Crippen LogP contribution in [0.4, 0.5) is 5.69 Å².